The van der Waals surface area contributed by atoms with Crippen LogP contribution in [0.15, 0.2) is 42.5 Å². The van der Waals surface area contributed by atoms with Crippen LogP contribution in [0, 0.1) is 13.8 Å². The summed E-state index contributed by atoms with van der Waals surface area (Å²) in [7, 11) is 0. The van der Waals surface area contributed by atoms with E-state index in [2.05, 4.69) is 0 Å². The van der Waals surface area contributed by atoms with Gasteiger partial charge >= 0.3 is 5.97 Å². The van der Waals surface area contributed by atoms with E-state index >= 15 is 0 Å². The molecule has 0 saturated heterocycles. The summed E-state index contributed by atoms with van der Waals surface area (Å²) in [4.78, 5) is 10.8. The van der Waals surface area contributed by atoms with E-state index in [9.17, 15) is 4.79 Å². The molecular weight excluding hydrogens is 252 g/mol. The fourth-order valence-corrected chi connectivity index (χ4v) is 2.27. The Morgan fingerprint density at radius 3 is 2.20 bits per heavy atom. The molecular formula is C17H18O3. The van der Waals surface area contributed by atoms with Crippen molar-refractivity contribution in [2.75, 3.05) is 0 Å². The monoisotopic (exact) mass is 270 g/mol. The standard InChI is InChI=1S/C17H18O3/c1-12-8-15(10-16(18)19)9-13(2)17(12)20-11-14-6-4-3-5-7-14/h3-9H,10-11H2,1-2H3,(H,18,19). The third-order valence-corrected chi connectivity index (χ3v) is 3.10. The molecule has 0 fully saturated rings. The molecule has 0 aliphatic rings. The number of benzene rings is 2. The van der Waals surface area contributed by atoms with E-state index in [0.717, 1.165) is 28.0 Å². The third kappa shape index (κ3) is 3.60. The van der Waals surface area contributed by atoms with Gasteiger partial charge in [-0.1, -0.05) is 42.5 Å². The van der Waals surface area contributed by atoms with Crippen LogP contribution in [0.3, 0.4) is 0 Å². The molecule has 0 bridgehead atoms. The molecule has 1 N–H and O–H groups in total. The minimum atomic E-state index is -0.818. The van der Waals surface area contributed by atoms with Crippen molar-refractivity contribution in [2.24, 2.45) is 0 Å². The van der Waals surface area contributed by atoms with Gasteiger partial charge in [-0.15, -0.1) is 0 Å². The van der Waals surface area contributed by atoms with Crippen molar-refractivity contribution in [1.82, 2.24) is 0 Å². The summed E-state index contributed by atoms with van der Waals surface area (Å²) < 4.78 is 5.87. The molecule has 0 amide bonds. The number of rotatable bonds is 5. The van der Waals surface area contributed by atoms with E-state index < -0.39 is 5.97 Å². The molecule has 104 valence electrons. The number of carboxylic acid groups (broad SMARTS) is 1. The number of carbonyl (C=O) groups is 1. The molecule has 2 aromatic carbocycles. The highest BCUT2D eigenvalue weighted by molar-refractivity contribution is 5.70. The average Bonchev–Trinajstić information content (AvgIpc) is 2.38. The van der Waals surface area contributed by atoms with Crippen LogP contribution in [0.1, 0.15) is 22.3 Å². The van der Waals surface area contributed by atoms with Gasteiger partial charge in [-0.2, -0.15) is 0 Å². The minimum Gasteiger partial charge on any atom is -0.488 e. The predicted octanol–water partition coefficient (Wildman–Crippen LogP) is 3.51. The van der Waals surface area contributed by atoms with E-state index in [4.69, 9.17) is 9.84 Å². The van der Waals surface area contributed by atoms with Crippen molar-refractivity contribution in [3.63, 3.8) is 0 Å². The topological polar surface area (TPSA) is 46.5 Å². The lowest BCUT2D eigenvalue weighted by atomic mass is 10.0. The maximum Gasteiger partial charge on any atom is 0.307 e. The Bertz CT molecular complexity index is 580. The molecule has 0 spiro atoms. The molecule has 2 aromatic rings. The molecule has 2 rings (SSSR count). The number of carboxylic acids is 1. The average molecular weight is 270 g/mol. The molecule has 0 aliphatic carbocycles. The fourth-order valence-electron chi connectivity index (χ4n) is 2.27. The summed E-state index contributed by atoms with van der Waals surface area (Å²) in [6, 6.07) is 13.7. The molecule has 0 saturated carbocycles. The number of hydrogen-bond acceptors (Lipinski definition) is 2. The van der Waals surface area contributed by atoms with Crippen molar-refractivity contribution in [2.45, 2.75) is 26.9 Å². The predicted molar refractivity (Wildman–Crippen MR) is 78.0 cm³/mol. The summed E-state index contributed by atoms with van der Waals surface area (Å²) in [6.07, 6.45) is 0.0423. The summed E-state index contributed by atoms with van der Waals surface area (Å²) in [5, 5.41) is 8.84. The van der Waals surface area contributed by atoms with E-state index in [0.29, 0.717) is 6.61 Å². The Morgan fingerprint density at radius 1 is 1.05 bits per heavy atom. The first-order chi connectivity index (χ1) is 9.56. The molecule has 0 aromatic heterocycles. The van der Waals surface area contributed by atoms with Crippen LogP contribution < -0.4 is 4.74 Å². The molecule has 20 heavy (non-hydrogen) atoms. The second-order valence-corrected chi connectivity index (χ2v) is 4.90. The summed E-state index contributed by atoms with van der Waals surface area (Å²) in [5.41, 5.74) is 3.86. The zero-order valence-electron chi connectivity index (χ0n) is 11.7. The van der Waals surface area contributed by atoms with Gasteiger partial charge in [0.05, 0.1) is 6.42 Å². The molecule has 0 heterocycles. The Morgan fingerprint density at radius 2 is 1.65 bits per heavy atom. The molecule has 3 nitrogen and oxygen atoms in total. The maximum atomic E-state index is 10.8. The smallest absolute Gasteiger partial charge is 0.307 e. The van der Waals surface area contributed by atoms with Crippen LogP contribution in [-0.4, -0.2) is 11.1 Å². The first kappa shape index (κ1) is 14.1. The summed E-state index contributed by atoms with van der Waals surface area (Å²) in [6.45, 7) is 4.40. The van der Waals surface area contributed by atoms with Crippen molar-refractivity contribution >= 4 is 5.97 Å². The van der Waals surface area contributed by atoms with Crippen LogP contribution in [0.2, 0.25) is 0 Å². The Labute approximate surface area is 118 Å². The quantitative estimate of drug-likeness (QED) is 0.904. The largest absolute Gasteiger partial charge is 0.488 e. The first-order valence-electron chi connectivity index (χ1n) is 6.55. The van der Waals surface area contributed by atoms with Crippen molar-refractivity contribution in [3.8, 4) is 5.75 Å². The lowest BCUT2D eigenvalue weighted by Gasteiger charge is -2.13. The number of aliphatic carboxylic acids is 1. The van der Waals surface area contributed by atoms with Gasteiger partial charge in [0.2, 0.25) is 0 Å². The third-order valence-electron chi connectivity index (χ3n) is 3.10. The van der Waals surface area contributed by atoms with Gasteiger partial charge in [-0.25, -0.2) is 0 Å². The SMILES string of the molecule is Cc1cc(CC(=O)O)cc(C)c1OCc1ccccc1. The Kier molecular flexibility index (Phi) is 4.41. The molecule has 0 radical (unpaired) electrons. The lowest BCUT2D eigenvalue weighted by Crippen LogP contribution is -2.03. The molecule has 0 atom stereocenters. The van der Waals surface area contributed by atoms with E-state index in [1.165, 1.54) is 0 Å². The molecule has 3 heteroatoms. The number of aryl methyl sites for hydroxylation is 2. The zero-order valence-corrected chi connectivity index (χ0v) is 11.7. The van der Waals surface area contributed by atoms with Crippen molar-refractivity contribution in [1.29, 1.82) is 0 Å². The zero-order chi connectivity index (χ0) is 14.5. The number of hydrogen-bond donors (Lipinski definition) is 1. The van der Waals surface area contributed by atoms with Gasteiger partial charge < -0.3 is 9.84 Å². The number of ether oxygens (including phenoxy) is 1. The van der Waals surface area contributed by atoms with E-state index in [-0.39, 0.29) is 6.42 Å². The summed E-state index contributed by atoms with van der Waals surface area (Å²) >= 11 is 0. The van der Waals surface area contributed by atoms with Gasteiger partial charge in [-0.3, -0.25) is 4.79 Å². The normalized spacial score (nSPS) is 10.3. The van der Waals surface area contributed by atoms with E-state index in [1.807, 2.05) is 56.3 Å². The van der Waals surface area contributed by atoms with Gasteiger partial charge in [0.15, 0.2) is 0 Å². The van der Waals surface area contributed by atoms with Crippen molar-refractivity contribution in [3.05, 3.63) is 64.7 Å². The van der Waals surface area contributed by atoms with Gasteiger partial charge in [0, 0.05) is 0 Å². The highest BCUT2D eigenvalue weighted by atomic mass is 16.5. The highest BCUT2D eigenvalue weighted by Crippen LogP contribution is 2.26. The second kappa shape index (κ2) is 6.24. The maximum absolute atomic E-state index is 10.8. The fraction of sp³-hybridized carbons (Fsp3) is 0.235. The van der Waals surface area contributed by atoms with Crippen LogP contribution in [0.5, 0.6) is 5.75 Å². The molecule has 0 unspecified atom stereocenters. The van der Waals surface area contributed by atoms with Crippen LogP contribution in [0.25, 0.3) is 0 Å². The first-order valence-corrected chi connectivity index (χ1v) is 6.55. The van der Waals surface area contributed by atoms with Crippen LogP contribution in [0.4, 0.5) is 0 Å². The Hall–Kier alpha value is -2.29. The second-order valence-electron chi connectivity index (χ2n) is 4.90. The van der Waals surface area contributed by atoms with Gasteiger partial charge in [0.1, 0.15) is 12.4 Å². The van der Waals surface area contributed by atoms with Crippen LogP contribution in [-0.2, 0) is 17.8 Å². The summed E-state index contributed by atoms with van der Waals surface area (Å²) in [5.74, 6) is 0.0183. The minimum absolute atomic E-state index is 0.0423. The highest BCUT2D eigenvalue weighted by Gasteiger charge is 2.09. The van der Waals surface area contributed by atoms with E-state index in [1.54, 1.807) is 0 Å². The lowest BCUT2D eigenvalue weighted by molar-refractivity contribution is -0.136. The van der Waals surface area contributed by atoms with Crippen LogP contribution >= 0.6 is 0 Å². The molecule has 0 aliphatic heterocycles. The Balaban J connectivity index is 2.14. The van der Waals surface area contributed by atoms with Crippen molar-refractivity contribution < 1.29 is 14.6 Å². The van der Waals surface area contributed by atoms with Gasteiger partial charge in [0.25, 0.3) is 0 Å². The van der Waals surface area contributed by atoms with Gasteiger partial charge in [-0.05, 0) is 36.1 Å².